The highest BCUT2D eigenvalue weighted by Crippen LogP contribution is 2.22. The molecule has 0 aliphatic carbocycles. The molecule has 2 rings (SSSR count). The summed E-state index contributed by atoms with van der Waals surface area (Å²) in [7, 11) is 1.96. The molecule has 0 heterocycles. The van der Waals surface area contributed by atoms with Crippen molar-refractivity contribution < 1.29 is 4.39 Å². The second kappa shape index (κ2) is 5.78. The summed E-state index contributed by atoms with van der Waals surface area (Å²) in [6.07, 6.45) is 0.980. The molecule has 1 nitrogen and oxygen atoms in total. The Kier molecular flexibility index (Phi) is 4.11. The van der Waals surface area contributed by atoms with E-state index in [9.17, 15) is 4.39 Å². The first-order valence-corrected chi connectivity index (χ1v) is 6.22. The van der Waals surface area contributed by atoms with Crippen molar-refractivity contribution in [3.05, 3.63) is 59.9 Å². The normalized spacial score (nSPS) is 12.4. The minimum absolute atomic E-state index is 0.172. The van der Waals surface area contributed by atoms with Gasteiger partial charge in [-0.2, -0.15) is 0 Å². The Morgan fingerprint density at radius 1 is 1.06 bits per heavy atom. The average molecular weight is 243 g/mol. The van der Waals surface area contributed by atoms with E-state index in [0.717, 1.165) is 12.0 Å². The fourth-order valence-electron chi connectivity index (χ4n) is 1.97. The summed E-state index contributed by atoms with van der Waals surface area (Å²) in [5.74, 6) is -0.172. The fraction of sp³-hybridized carbons (Fsp3) is 0.250. The van der Waals surface area contributed by atoms with Crippen LogP contribution in [0.4, 0.5) is 4.39 Å². The first kappa shape index (κ1) is 12.8. The number of nitrogens with one attached hydrogen (secondary N) is 1. The molecule has 2 aromatic carbocycles. The van der Waals surface area contributed by atoms with Gasteiger partial charge in [-0.1, -0.05) is 42.5 Å². The highest BCUT2D eigenvalue weighted by atomic mass is 19.1. The molecule has 0 spiro atoms. The maximum atomic E-state index is 13.6. The van der Waals surface area contributed by atoms with Crippen LogP contribution >= 0.6 is 0 Å². The Balaban J connectivity index is 2.20. The van der Waals surface area contributed by atoms with Gasteiger partial charge in [-0.15, -0.1) is 0 Å². The van der Waals surface area contributed by atoms with Crippen LogP contribution in [0.25, 0.3) is 11.1 Å². The Labute approximate surface area is 108 Å². The number of hydrogen-bond donors (Lipinski definition) is 1. The molecule has 0 amide bonds. The van der Waals surface area contributed by atoms with E-state index in [-0.39, 0.29) is 5.82 Å². The maximum Gasteiger partial charge on any atom is 0.131 e. The summed E-state index contributed by atoms with van der Waals surface area (Å²) in [6.45, 7) is 2.14. The highest BCUT2D eigenvalue weighted by molar-refractivity contribution is 5.64. The van der Waals surface area contributed by atoms with E-state index in [0.29, 0.717) is 11.6 Å². The molecule has 0 fully saturated rings. The third-order valence-electron chi connectivity index (χ3n) is 3.17. The fourth-order valence-corrected chi connectivity index (χ4v) is 1.97. The van der Waals surface area contributed by atoms with Crippen LogP contribution in [-0.2, 0) is 6.42 Å². The van der Waals surface area contributed by atoms with Crippen LogP contribution < -0.4 is 5.32 Å². The predicted molar refractivity (Wildman–Crippen MR) is 74.1 cm³/mol. The van der Waals surface area contributed by atoms with E-state index < -0.39 is 0 Å². The van der Waals surface area contributed by atoms with Gasteiger partial charge in [-0.05, 0) is 37.6 Å². The van der Waals surface area contributed by atoms with E-state index >= 15 is 0 Å². The first-order valence-electron chi connectivity index (χ1n) is 6.22. The van der Waals surface area contributed by atoms with Crippen molar-refractivity contribution in [2.45, 2.75) is 19.4 Å². The van der Waals surface area contributed by atoms with Crippen LogP contribution in [0.2, 0.25) is 0 Å². The number of benzene rings is 2. The Hall–Kier alpha value is -1.67. The van der Waals surface area contributed by atoms with E-state index in [1.807, 2.05) is 25.2 Å². The molecule has 0 bridgehead atoms. The minimum Gasteiger partial charge on any atom is -0.317 e. The first-order chi connectivity index (χ1) is 8.70. The predicted octanol–water partition coefficient (Wildman–Crippen LogP) is 3.64. The third kappa shape index (κ3) is 2.96. The van der Waals surface area contributed by atoms with Crippen molar-refractivity contribution in [1.82, 2.24) is 5.32 Å². The summed E-state index contributed by atoms with van der Waals surface area (Å²) < 4.78 is 13.6. The van der Waals surface area contributed by atoms with Gasteiger partial charge >= 0.3 is 0 Å². The molecule has 94 valence electrons. The lowest BCUT2D eigenvalue weighted by atomic mass is 10.0. The van der Waals surface area contributed by atoms with Crippen molar-refractivity contribution in [3.63, 3.8) is 0 Å². The zero-order chi connectivity index (χ0) is 13.0. The second-order valence-electron chi connectivity index (χ2n) is 4.57. The van der Waals surface area contributed by atoms with Gasteiger partial charge in [-0.25, -0.2) is 4.39 Å². The minimum atomic E-state index is -0.172. The van der Waals surface area contributed by atoms with Crippen molar-refractivity contribution in [2.75, 3.05) is 7.05 Å². The largest absolute Gasteiger partial charge is 0.317 e. The monoisotopic (exact) mass is 243 g/mol. The number of halogens is 1. The second-order valence-corrected chi connectivity index (χ2v) is 4.57. The van der Waals surface area contributed by atoms with Crippen molar-refractivity contribution in [1.29, 1.82) is 0 Å². The van der Waals surface area contributed by atoms with E-state index in [4.69, 9.17) is 0 Å². The molecule has 2 aromatic rings. The van der Waals surface area contributed by atoms with Crippen LogP contribution in [0.15, 0.2) is 48.5 Å². The molecule has 0 aliphatic heterocycles. The molecule has 1 unspecified atom stereocenters. The Morgan fingerprint density at radius 2 is 1.72 bits per heavy atom. The average Bonchev–Trinajstić information content (AvgIpc) is 2.40. The number of rotatable bonds is 4. The number of hydrogen-bond acceptors (Lipinski definition) is 1. The summed E-state index contributed by atoms with van der Waals surface area (Å²) in [4.78, 5) is 0. The van der Waals surface area contributed by atoms with Crippen molar-refractivity contribution in [2.24, 2.45) is 0 Å². The van der Waals surface area contributed by atoms with Crippen molar-refractivity contribution in [3.8, 4) is 11.1 Å². The van der Waals surface area contributed by atoms with Crippen LogP contribution in [0.1, 0.15) is 12.5 Å². The zero-order valence-electron chi connectivity index (χ0n) is 10.8. The van der Waals surface area contributed by atoms with Gasteiger partial charge in [0.25, 0.3) is 0 Å². The van der Waals surface area contributed by atoms with Crippen LogP contribution in [0, 0.1) is 5.82 Å². The molecule has 0 aliphatic rings. The molecule has 2 heteroatoms. The molecular formula is C16H18FN. The smallest absolute Gasteiger partial charge is 0.131 e. The highest BCUT2D eigenvalue weighted by Gasteiger charge is 2.05. The van der Waals surface area contributed by atoms with Gasteiger partial charge < -0.3 is 5.32 Å². The number of likely N-dealkylation sites (N-methyl/N-ethyl adjacent to an activating group) is 1. The molecule has 0 saturated heterocycles. The van der Waals surface area contributed by atoms with Gasteiger partial charge in [0.2, 0.25) is 0 Å². The van der Waals surface area contributed by atoms with Gasteiger partial charge in [0.05, 0.1) is 0 Å². The Morgan fingerprint density at radius 3 is 2.33 bits per heavy atom. The van der Waals surface area contributed by atoms with E-state index in [1.54, 1.807) is 12.1 Å². The molecule has 1 N–H and O–H groups in total. The molecule has 0 saturated carbocycles. The summed E-state index contributed by atoms with van der Waals surface area (Å²) in [6, 6.07) is 15.4. The lowest BCUT2D eigenvalue weighted by Crippen LogP contribution is -2.23. The molecule has 18 heavy (non-hydrogen) atoms. The van der Waals surface area contributed by atoms with Crippen LogP contribution in [0.3, 0.4) is 0 Å². The standard InChI is InChI=1S/C16H18FN/c1-12(18-2)11-13-7-9-14(10-8-13)15-5-3-4-6-16(15)17/h3-10,12,18H,11H2,1-2H3. The summed E-state index contributed by atoms with van der Waals surface area (Å²) in [5.41, 5.74) is 2.84. The molecule has 1 atom stereocenters. The topological polar surface area (TPSA) is 12.0 Å². The van der Waals surface area contributed by atoms with Crippen molar-refractivity contribution >= 4 is 0 Å². The molecular weight excluding hydrogens is 225 g/mol. The molecule has 0 aromatic heterocycles. The van der Waals surface area contributed by atoms with Gasteiger partial charge in [-0.3, -0.25) is 0 Å². The maximum absolute atomic E-state index is 13.6. The zero-order valence-corrected chi connectivity index (χ0v) is 10.8. The van der Waals surface area contributed by atoms with E-state index in [1.165, 1.54) is 11.6 Å². The van der Waals surface area contributed by atoms with Gasteiger partial charge in [0.15, 0.2) is 0 Å². The third-order valence-corrected chi connectivity index (χ3v) is 3.17. The summed E-state index contributed by atoms with van der Waals surface area (Å²) >= 11 is 0. The van der Waals surface area contributed by atoms with Crippen LogP contribution in [0.5, 0.6) is 0 Å². The lowest BCUT2D eigenvalue weighted by Gasteiger charge is -2.10. The van der Waals surface area contributed by atoms with Gasteiger partial charge in [0.1, 0.15) is 5.82 Å². The summed E-state index contributed by atoms with van der Waals surface area (Å²) in [5, 5.41) is 3.21. The quantitative estimate of drug-likeness (QED) is 0.864. The lowest BCUT2D eigenvalue weighted by molar-refractivity contribution is 0.608. The van der Waals surface area contributed by atoms with Gasteiger partial charge in [0, 0.05) is 11.6 Å². The van der Waals surface area contributed by atoms with Crippen LogP contribution in [-0.4, -0.2) is 13.1 Å². The Bertz CT molecular complexity index is 505. The SMILES string of the molecule is CNC(C)Cc1ccc(-c2ccccc2F)cc1. The van der Waals surface area contributed by atoms with E-state index in [2.05, 4.69) is 24.4 Å². The molecule has 0 radical (unpaired) electrons.